The van der Waals surface area contributed by atoms with Gasteiger partial charge in [-0.1, -0.05) is 0 Å². The lowest BCUT2D eigenvalue weighted by atomic mass is 10.1. The van der Waals surface area contributed by atoms with Crippen molar-refractivity contribution in [2.24, 2.45) is 0 Å². The number of carboxylic acids is 1. The third-order valence-electron chi connectivity index (χ3n) is 2.98. The highest BCUT2D eigenvalue weighted by molar-refractivity contribution is 5.67. The summed E-state index contributed by atoms with van der Waals surface area (Å²) in [5.74, 6) is -1.24. The Balaban J connectivity index is 1.91. The lowest BCUT2D eigenvalue weighted by Gasteiger charge is -2.23. The highest BCUT2D eigenvalue weighted by atomic mass is 16.7. The van der Waals surface area contributed by atoms with Crippen LogP contribution in [0.5, 0.6) is 0 Å². The van der Waals surface area contributed by atoms with E-state index in [1.807, 2.05) is 6.92 Å². The van der Waals surface area contributed by atoms with Gasteiger partial charge in [-0.2, -0.15) is 0 Å². The van der Waals surface area contributed by atoms with Crippen molar-refractivity contribution in [3.63, 3.8) is 0 Å². The zero-order valence-corrected chi connectivity index (χ0v) is 8.36. The van der Waals surface area contributed by atoms with Gasteiger partial charge in [0, 0.05) is 12.8 Å². The highest BCUT2D eigenvalue weighted by Crippen LogP contribution is 2.42. The van der Waals surface area contributed by atoms with Gasteiger partial charge in [0.2, 0.25) is 0 Å². The third-order valence-corrected chi connectivity index (χ3v) is 2.98. The molecule has 1 N–H and O–H groups in total. The summed E-state index contributed by atoms with van der Waals surface area (Å²) in [4.78, 5) is 10.5. The number of hydrogen-bond donors (Lipinski definition) is 1. The fourth-order valence-corrected chi connectivity index (χ4v) is 2.32. The van der Waals surface area contributed by atoms with Gasteiger partial charge in [-0.15, -0.1) is 0 Å². The minimum Gasteiger partial charge on any atom is -0.481 e. The van der Waals surface area contributed by atoms with Crippen LogP contribution in [-0.4, -0.2) is 29.1 Å². The Morgan fingerprint density at radius 1 is 1.43 bits per heavy atom. The van der Waals surface area contributed by atoms with E-state index < -0.39 is 11.8 Å². The topological polar surface area (TPSA) is 55.8 Å². The summed E-state index contributed by atoms with van der Waals surface area (Å²) in [5.41, 5.74) is 0. The molecule has 2 fully saturated rings. The van der Waals surface area contributed by atoms with Crippen LogP contribution in [0.15, 0.2) is 0 Å². The van der Waals surface area contributed by atoms with E-state index in [9.17, 15) is 4.79 Å². The van der Waals surface area contributed by atoms with Crippen molar-refractivity contribution < 1.29 is 19.4 Å². The zero-order valence-electron chi connectivity index (χ0n) is 8.36. The van der Waals surface area contributed by atoms with Crippen molar-refractivity contribution in [2.45, 2.75) is 57.0 Å². The van der Waals surface area contributed by atoms with Crippen LogP contribution in [0.25, 0.3) is 0 Å². The minimum absolute atomic E-state index is 0.0967. The molecule has 2 heterocycles. The summed E-state index contributed by atoms with van der Waals surface area (Å²) in [6.45, 7) is 2.03. The normalized spacial score (nSPS) is 42.1. The number of aliphatic carboxylic acids is 1. The summed E-state index contributed by atoms with van der Waals surface area (Å²) < 4.78 is 11.4. The Bertz CT molecular complexity index is 240. The summed E-state index contributed by atoms with van der Waals surface area (Å²) in [7, 11) is 0. The Kier molecular flexibility index (Phi) is 2.49. The Labute approximate surface area is 83.2 Å². The fraction of sp³-hybridized carbons (Fsp3) is 0.900. The molecule has 4 nitrogen and oxygen atoms in total. The molecule has 2 aliphatic heterocycles. The molecule has 0 amide bonds. The first-order valence-electron chi connectivity index (χ1n) is 5.17. The molecule has 80 valence electrons. The van der Waals surface area contributed by atoms with E-state index in [2.05, 4.69) is 0 Å². The molecule has 4 heteroatoms. The Morgan fingerprint density at radius 3 is 2.71 bits per heavy atom. The van der Waals surface area contributed by atoms with Crippen LogP contribution >= 0.6 is 0 Å². The highest BCUT2D eigenvalue weighted by Gasteiger charge is 2.46. The average Bonchev–Trinajstić information content (AvgIpc) is 2.60. The van der Waals surface area contributed by atoms with E-state index in [-0.39, 0.29) is 18.6 Å². The largest absolute Gasteiger partial charge is 0.481 e. The first kappa shape index (κ1) is 9.93. The standard InChI is InChI=1S/C10H16O4/c1-7-2-4-10(13-7)5-3-8(14-10)6-9(11)12/h7-8H,2-6H2,1H3,(H,11,12)/t7-,8-,10+/m0/s1. The van der Waals surface area contributed by atoms with E-state index in [0.29, 0.717) is 0 Å². The number of carboxylic acid groups (broad SMARTS) is 1. The van der Waals surface area contributed by atoms with Gasteiger partial charge >= 0.3 is 5.97 Å². The van der Waals surface area contributed by atoms with Gasteiger partial charge in [0.25, 0.3) is 0 Å². The van der Waals surface area contributed by atoms with Crippen LogP contribution in [0.3, 0.4) is 0 Å². The molecule has 2 aliphatic rings. The zero-order chi connectivity index (χ0) is 10.2. The van der Waals surface area contributed by atoms with Gasteiger partial charge in [-0.05, 0) is 19.8 Å². The second-order valence-electron chi connectivity index (χ2n) is 4.25. The third kappa shape index (κ3) is 1.91. The number of hydrogen-bond acceptors (Lipinski definition) is 3. The summed E-state index contributed by atoms with van der Waals surface area (Å²) in [6.07, 6.45) is 3.76. The van der Waals surface area contributed by atoms with Crippen LogP contribution < -0.4 is 0 Å². The second kappa shape index (κ2) is 3.51. The monoisotopic (exact) mass is 200 g/mol. The minimum atomic E-state index is -0.793. The first-order valence-corrected chi connectivity index (χ1v) is 5.17. The molecule has 14 heavy (non-hydrogen) atoms. The molecular weight excluding hydrogens is 184 g/mol. The molecule has 1 spiro atoms. The van der Waals surface area contributed by atoms with Crippen molar-refractivity contribution in [3.05, 3.63) is 0 Å². The quantitative estimate of drug-likeness (QED) is 0.734. The van der Waals surface area contributed by atoms with Crippen LogP contribution in [0.4, 0.5) is 0 Å². The summed E-state index contributed by atoms with van der Waals surface area (Å²) in [6, 6.07) is 0. The van der Waals surface area contributed by atoms with Crippen molar-refractivity contribution in [3.8, 4) is 0 Å². The molecule has 0 saturated carbocycles. The molecule has 0 aromatic carbocycles. The van der Waals surface area contributed by atoms with Gasteiger partial charge in [0.15, 0.2) is 5.79 Å². The molecule has 3 atom stereocenters. The maximum Gasteiger partial charge on any atom is 0.305 e. The molecule has 0 radical (unpaired) electrons. The molecule has 0 aliphatic carbocycles. The number of ether oxygens (including phenoxy) is 2. The van der Waals surface area contributed by atoms with Gasteiger partial charge < -0.3 is 14.6 Å². The van der Waals surface area contributed by atoms with E-state index >= 15 is 0 Å². The van der Waals surface area contributed by atoms with Crippen molar-refractivity contribution >= 4 is 5.97 Å². The lowest BCUT2D eigenvalue weighted by molar-refractivity contribution is -0.214. The predicted molar refractivity (Wildman–Crippen MR) is 48.9 cm³/mol. The Hall–Kier alpha value is -0.610. The van der Waals surface area contributed by atoms with Crippen LogP contribution in [0.2, 0.25) is 0 Å². The lowest BCUT2D eigenvalue weighted by Crippen LogP contribution is -2.29. The molecule has 0 aromatic rings. The molecule has 2 rings (SSSR count). The van der Waals surface area contributed by atoms with Crippen LogP contribution in [-0.2, 0) is 14.3 Å². The number of carbonyl (C=O) groups is 1. The average molecular weight is 200 g/mol. The maximum absolute atomic E-state index is 10.5. The molecule has 2 saturated heterocycles. The summed E-state index contributed by atoms with van der Waals surface area (Å²) >= 11 is 0. The van der Waals surface area contributed by atoms with Crippen LogP contribution in [0.1, 0.15) is 39.0 Å². The fourth-order valence-electron chi connectivity index (χ4n) is 2.32. The SMILES string of the molecule is C[C@H]1CC[C@@]2(CC[C@@H](CC(=O)O)O2)O1. The van der Waals surface area contributed by atoms with Gasteiger partial charge in [-0.25, -0.2) is 0 Å². The van der Waals surface area contributed by atoms with Gasteiger partial charge in [0.05, 0.1) is 18.6 Å². The molecular formula is C10H16O4. The number of rotatable bonds is 2. The second-order valence-corrected chi connectivity index (χ2v) is 4.25. The Morgan fingerprint density at radius 2 is 2.14 bits per heavy atom. The summed E-state index contributed by atoms with van der Waals surface area (Å²) in [5, 5.41) is 8.64. The van der Waals surface area contributed by atoms with E-state index in [4.69, 9.17) is 14.6 Å². The van der Waals surface area contributed by atoms with Gasteiger partial charge in [0.1, 0.15) is 0 Å². The first-order chi connectivity index (χ1) is 6.60. The van der Waals surface area contributed by atoms with E-state index in [1.165, 1.54) is 0 Å². The molecule has 0 unspecified atom stereocenters. The molecule has 0 bridgehead atoms. The van der Waals surface area contributed by atoms with Crippen LogP contribution in [0, 0.1) is 0 Å². The van der Waals surface area contributed by atoms with Gasteiger partial charge in [-0.3, -0.25) is 4.79 Å². The van der Waals surface area contributed by atoms with E-state index in [0.717, 1.165) is 25.7 Å². The predicted octanol–water partition coefficient (Wildman–Crippen LogP) is 1.54. The smallest absolute Gasteiger partial charge is 0.305 e. The van der Waals surface area contributed by atoms with E-state index in [1.54, 1.807) is 0 Å². The van der Waals surface area contributed by atoms with Crippen molar-refractivity contribution in [2.75, 3.05) is 0 Å². The molecule has 0 aromatic heterocycles. The van der Waals surface area contributed by atoms with Crippen molar-refractivity contribution in [1.82, 2.24) is 0 Å². The van der Waals surface area contributed by atoms with Crippen molar-refractivity contribution in [1.29, 1.82) is 0 Å². The maximum atomic E-state index is 10.5.